The number of aromatic amines is 1. The zero-order valence-electron chi connectivity index (χ0n) is 11.4. The van der Waals surface area contributed by atoms with Gasteiger partial charge in [0.05, 0.1) is 0 Å². The predicted molar refractivity (Wildman–Crippen MR) is 74.3 cm³/mol. The van der Waals surface area contributed by atoms with Crippen molar-refractivity contribution in [3.8, 4) is 6.07 Å². The summed E-state index contributed by atoms with van der Waals surface area (Å²) in [6.07, 6.45) is 2.02. The quantitative estimate of drug-likeness (QED) is 0.897. The molecule has 0 atom stereocenters. The number of anilines is 1. The Morgan fingerprint density at radius 1 is 1.30 bits per heavy atom. The van der Waals surface area contributed by atoms with Crippen molar-refractivity contribution in [3.05, 3.63) is 35.5 Å². The summed E-state index contributed by atoms with van der Waals surface area (Å²) in [7, 11) is 0. The zero-order chi connectivity index (χ0) is 13.9. The lowest BCUT2D eigenvalue weighted by Gasteiger charge is -2.31. The number of aryl methyl sites for hydroxylation is 1. The second kappa shape index (κ2) is 5.29. The van der Waals surface area contributed by atoms with Gasteiger partial charge in [0.25, 0.3) is 0 Å². The van der Waals surface area contributed by atoms with Crippen LogP contribution < -0.4 is 4.90 Å². The van der Waals surface area contributed by atoms with E-state index in [1.165, 1.54) is 0 Å². The minimum Gasteiger partial charge on any atom is -0.357 e. The second-order valence-electron chi connectivity index (χ2n) is 5.03. The molecule has 0 bridgehead atoms. The van der Waals surface area contributed by atoms with Gasteiger partial charge in [-0.25, -0.2) is 9.97 Å². The predicted octanol–water partition coefficient (Wildman–Crippen LogP) is 1.76. The van der Waals surface area contributed by atoms with Gasteiger partial charge in [-0.05, 0) is 31.9 Å². The van der Waals surface area contributed by atoms with Crippen LogP contribution in [0.5, 0.6) is 0 Å². The van der Waals surface area contributed by atoms with Gasteiger partial charge in [0.1, 0.15) is 23.4 Å². The van der Waals surface area contributed by atoms with Crippen LogP contribution in [0.2, 0.25) is 0 Å². The molecule has 0 aliphatic carbocycles. The Kier molecular flexibility index (Phi) is 3.33. The molecule has 102 valence electrons. The summed E-state index contributed by atoms with van der Waals surface area (Å²) in [6, 6.07) is 7.65. The summed E-state index contributed by atoms with van der Waals surface area (Å²) >= 11 is 0. The molecule has 1 fully saturated rings. The molecule has 0 saturated carbocycles. The first-order chi connectivity index (χ1) is 9.76. The largest absolute Gasteiger partial charge is 0.357 e. The van der Waals surface area contributed by atoms with Crippen molar-refractivity contribution in [2.24, 2.45) is 0 Å². The molecule has 0 spiro atoms. The Balaban J connectivity index is 1.68. The summed E-state index contributed by atoms with van der Waals surface area (Å²) in [5.41, 5.74) is 0.467. The zero-order valence-corrected chi connectivity index (χ0v) is 11.4. The molecule has 1 aliphatic heterocycles. The van der Waals surface area contributed by atoms with Gasteiger partial charge in [0.2, 0.25) is 0 Å². The van der Waals surface area contributed by atoms with Crippen molar-refractivity contribution < 1.29 is 0 Å². The number of H-pyrrole nitrogens is 1. The Hall–Kier alpha value is -2.42. The van der Waals surface area contributed by atoms with Gasteiger partial charge < -0.3 is 4.90 Å². The summed E-state index contributed by atoms with van der Waals surface area (Å²) in [5.74, 6) is 3.08. The van der Waals surface area contributed by atoms with E-state index < -0.39 is 0 Å². The molecule has 3 rings (SSSR count). The molecule has 1 aliphatic rings. The lowest BCUT2D eigenvalue weighted by Crippen LogP contribution is -2.33. The Morgan fingerprint density at radius 2 is 2.10 bits per heavy atom. The van der Waals surface area contributed by atoms with Gasteiger partial charge in [-0.1, -0.05) is 6.07 Å². The van der Waals surface area contributed by atoms with E-state index >= 15 is 0 Å². The number of nitriles is 1. The fraction of sp³-hybridized carbons (Fsp3) is 0.429. The number of nitrogens with zero attached hydrogens (tertiary/aromatic N) is 5. The van der Waals surface area contributed by atoms with Crippen LogP contribution in [0.15, 0.2) is 18.2 Å². The molecule has 2 aromatic rings. The van der Waals surface area contributed by atoms with E-state index in [0.717, 1.165) is 43.4 Å². The molecule has 1 saturated heterocycles. The fourth-order valence-corrected chi connectivity index (χ4v) is 2.57. The van der Waals surface area contributed by atoms with Crippen molar-refractivity contribution in [2.75, 3.05) is 18.0 Å². The van der Waals surface area contributed by atoms with Crippen LogP contribution in [-0.2, 0) is 0 Å². The highest BCUT2D eigenvalue weighted by Gasteiger charge is 2.24. The van der Waals surface area contributed by atoms with Crippen LogP contribution in [0.25, 0.3) is 0 Å². The molecule has 3 heterocycles. The van der Waals surface area contributed by atoms with Crippen LogP contribution >= 0.6 is 0 Å². The molecule has 0 aromatic carbocycles. The van der Waals surface area contributed by atoms with Crippen LogP contribution in [0.4, 0.5) is 5.82 Å². The van der Waals surface area contributed by atoms with E-state index in [9.17, 15) is 0 Å². The molecule has 2 aromatic heterocycles. The molecular formula is C14H16N6. The van der Waals surface area contributed by atoms with Gasteiger partial charge in [0, 0.05) is 19.0 Å². The minimum absolute atomic E-state index is 0.412. The summed E-state index contributed by atoms with van der Waals surface area (Å²) in [6.45, 7) is 3.75. The second-order valence-corrected chi connectivity index (χ2v) is 5.03. The highest BCUT2D eigenvalue weighted by molar-refractivity contribution is 5.42. The molecule has 0 unspecified atom stereocenters. The van der Waals surface area contributed by atoms with Gasteiger partial charge in [-0.2, -0.15) is 10.4 Å². The highest BCUT2D eigenvalue weighted by Crippen LogP contribution is 2.27. The number of aromatic nitrogens is 4. The number of rotatable bonds is 2. The van der Waals surface area contributed by atoms with Crippen LogP contribution in [-0.4, -0.2) is 33.3 Å². The average molecular weight is 268 g/mol. The Bertz CT molecular complexity index is 633. The Morgan fingerprint density at radius 3 is 2.75 bits per heavy atom. The van der Waals surface area contributed by atoms with Crippen molar-refractivity contribution in [2.45, 2.75) is 25.7 Å². The SMILES string of the molecule is Cc1nc(C2CCN(c3cccc(C#N)n3)CC2)n[nH]1. The molecular weight excluding hydrogens is 252 g/mol. The number of hydrogen-bond donors (Lipinski definition) is 1. The summed E-state index contributed by atoms with van der Waals surface area (Å²) < 4.78 is 0. The summed E-state index contributed by atoms with van der Waals surface area (Å²) in [4.78, 5) is 11.0. The fourth-order valence-electron chi connectivity index (χ4n) is 2.57. The third kappa shape index (κ3) is 2.48. The van der Waals surface area contributed by atoms with Crippen molar-refractivity contribution in [1.29, 1.82) is 5.26 Å². The van der Waals surface area contributed by atoms with Crippen LogP contribution in [0, 0.1) is 18.3 Å². The molecule has 20 heavy (non-hydrogen) atoms. The van der Waals surface area contributed by atoms with Crippen molar-refractivity contribution >= 4 is 5.82 Å². The standard InChI is InChI=1S/C14H16N6/c1-10-16-14(19-18-10)11-5-7-20(8-6-11)13-4-2-3-12(9-15)17-13/h2-4,11H,5-8H2,1H3,(H,16,18,19). The van der Waals surface area contributed by atoms with Crippen LogP contribution in [0.1, 0.15) is 36.1 Å². The average Bonchev–Trinajstić information content (AvgIpc) is 2.94. The lowest BCUT2D eigenvalue weighted by atomic mass is 9.96. The molecule has 6 nitrogen and oxygen atoms in total. The van der Waals surface area contributed by atoms with Crippen molar-refractivity contribution in [1.82, 2.24) is 20.2 Å². The maximum Gasteiger partial charge on any atom is 0.153 e. The van der Waals surface area contributed by atoms with Crippen molar-refractivity contribution in [3.63, 3.8) is 0 Å². The van der Waals surface area contributed by atoms with Gasteiger partial charge in [-0.3, -0.25) is 5.10 Å². The van der Waals surface area contributed by atoms with Crippen LogP contribution in [0.3, 0.4) is 0 Å². The maximum atomic E-state index is 8.90. The molecule has 0 amide bonds. The third-order valence-electron chi connectivity index (χ3n) is 3.65. The molecule has 1 N–H and O–H groups in total. The molecule has 0 radical (unpaired) electrons. The first-order valence-corrected chi connectivity index (χ1v) is 6.77. The number of pyridine rings is 1. The third-order valence-corrected chi connectivity index (χ3v) is 3.65. The topological polar surface area (TPSA) is 81.5 Å². The van der Waals surface area contributed by atoms with Gasteiger partial charge in [-0.15, -0.1) is 0 Å². The number of hydrogen-bond acceptors (Lipinski definition) is 5. The monoisotopic (exact) mass is 268 g/mol. The van der Waals surface area contributed by atoms with E-state index in [2.05, 4.69) is 31.1 Å². The number of piperidine rings is 1. The van der Waals surface area contributed by atoms with Gasteiger partial charge in [0.15, 0.2) is 5.82 Å². The minimum atomic E-state index is 0.412. The lowest BCUT2D eigenvalue weighted by molar-refractivity contribution is 0.484. The van der Waals surface area contributed by atoms with E-state index in [4.69, 9.17) is 5.26 Å². The highest BCUT2D eigenvalue weighted by atomic mass is 15.2. The van der Waals surface area contributed by atoms with E-state index in [1.54, 1.807) is 6.07 Å². The summed E-state index contributed by atoms with van der Waals surface area (Å²) in [5, 5.41) is 16.1. The molecule has 6 heteroatoms. The first kappa shape index (κ1) is 12.6. The van der Waals surface area contributed by atoms with E-state index in [1.807, 2.05) is 19.1 Å². The number of nitrogens with one attached hydrogen (secondary N) is 1. The van der Waals surface area contributed by atoms with E-state index in [-0.39, 0.29) is 0 Å². The first-order valence-electron chi connectivity index (χ1n) is 6.77. The Labute approximate surface area is 117 Å². The van der Waals surface area contributed by atoms with Gasteiger partial charge >= 0.3 is 0 Å². The maximum absolute atomic E-state index is 8.90. The van der Waals surface area contributed by atoms with E-state index in [0.29, 0.717) is 11.6 Å². The smallest absolute Gasteiger partial charge is 0.153 e. The normalized spacial score (nSPS) is 16.1.